The van der Waals surface area contributed by atoms with Crippen molar-refractivity contribution in [3.8, 4) is 0 Å². The van der Waals surface area contributed by atoms with Crippen LogP contribution in [0.25, 0.3) is 0 Å². The molecule has 0 bridgehead atoms. The average Bonchev–Trinajstić information content (AvgIpc) is 2.56. The minimum Gasteiger partial charge on any atom is -0.481 e. The number of aliphatic carboxylic acids is 1. The van der Waals surface area contributed by atoms with Gasteiger partial charge in [0.15, 0.2) is 0 Å². The van der Waals surface area contributed by atoms with Crippen molar-refractivity contribution in [1.29, 1.82) is 0 Å². The van der Waals surface area contributed by atoms with Gasteiger partial charge in [-0.05, 0) is 25.2 Å². The highest BCUT2D eigenvalue weighted by molar-refractivity contribution is 5.70. The zero-order valence-corrected chi connectivity index (χ0v) is 15.6. The second-order valence-electron chi connectivity index (χ2n) is 7.56. The van der Waals surface area contributed by atoms with E-state index in [1.807, 2.05) is 6.92 Å². The van der Waals surface area contributed by atoms with Gasteiger partial charge in [-0.2, -0.15) is 0 Å². The Morgan fingerprint density at radius 3 is 2.16 bits per heavy atom. The predicted molar refractivity (Wildman–Crippen MR) is 97.1 cm³/mol. The molecule has 0 aliphatic heterocycles. The van der Waals surface area contributed by atoms with Crippen molar-refractivity contribution in [2.45, 2.75) is 103 Å². The summed E-state index contributed by atoms with van der Waals surface area (Å²) in [5.74, 6) is -2.09. The van der Waals surface area contributed by atoms with E-state index in [1.54, 1.807) is 0 Å². The largest absolute Gasteiger partial charge is 0.481 e. The van der Waals surface area contributed by atoms with Gasteiger partial charge in [-0.3, -0.25) is 14.9 Å². The molecule has 0 heterocycles. The van der Waals surface area contributed by atoms with Crippen molar-refractivity contribution < 1.29 is 19.9 Å². The lowest BCUT2D eigenvalue weighted by Crippen LogP contribution is -2.37. The van der Waals surface area contributed by atoms with Crippen LogP contribution in [-0.4, -0.2) is 33.3 Å². The molecule has 6 heteroatoms. The highest BCUT2D eigenvalue weighted by Gasteiger charge is 2.36. The van der Waals surface area contributed by atoms with Crippen molar-refractivity contribution in [2.24, 2.45) is 11.8 Å². The summed E-state index contributed by atoms with van der Waals surface area (Å²) >= 11 is 0. The van der Waals surface area contributed by atoms with Crippen molar-refractivity contribution in [3.63, 3.8) is 0 Å². The van der Waals surface area contributed by atoms with Crippen LogP contribution in [0, 0.1) is 22.0 Å². The first kappa shape index (κ1) is 21.9. The van der Waals surface area contributed by atoms with Crippen LogP contribution in [0.1, 0.15) is 90.4 Å². The third-order valence-corrected chi connectivity index (χ3v) is 5.57. The van der Waals surface area contributed by atoms with E-state index in [1.165, 1.54) is 0 Å². The fraction of sp³-hybridized carbons (Fsp3) is 0.947. The molecule has 1 fully saturated rings. The standard InChI is InChI=1S/C19H35NO5/c1-2-3-11-15-14-16(20(24)25)12-9-7-5-4-6-8-10-13-17(18(15)21)19(22)23/h15-18,21H,2-14H2,1H3,(H,22,23)/t15-,16?,17+,18+/m1/s1. The van der Waals surface area contributed by atoms with Gasteiger partial charge in [-0.15, -0.1) is 0 Å². The molecule has 1 aliphatic carbocycles. The van der Waals surface area contributed by atoms with Gasteiger partial charge >= 0.3 is 5.97 Å². The van der Waals surface area contributed by atoms with Gasteiger partial charge in [0, 0.05) is 17.8 Å². The third kappa shape index (κ3) is 8.17. The maximum Gasteiger partial charge on any atom is 0.309 e. The third-order valence-electron chi connectivity index (χ3n) is 5.57. The Morgan fingerprint density at radius 2 is 1.64 bits per heavy atom. The van der Waals surface area contributed by atoms with Crippen LogP contribution in [0.2, 0.25) is 0 Å². The number of nitrogens with zero attached hydrogens (tertiary/aromatic N) is 1. The smallest absolute Gasteiger partial charge is 0.309 e. The molecular formula is C19H35NO5. The van der Waals surface area contributed by atoms with Gasteiger partial charge in [0.05, 0.1) is 12.0 Å². The molecule has 0 aromatic carbocycles. The highest BCUT2D eigenvalue weighted by atomic mass is 16.6. The van der Waals surface area contributed by atoms with E-state index in [-0.39, 0.29) is 17.3 Å². The van der Waals surface area contributed by atoms with E-state index in [9.17, 15) is 25.1 Å². The molecule has 0 saturated heterocycles. The molecule has 4 atom stereocenters. The van der Waals surface area contributed by atoms with Gasteiger partial charge in [0.25, 0.3) is 0 Å². The summed E-state index contributed by atoms with van der Waals surface area (Å²) in [5.41, 5.74) is 0. The average molecular weight is 357 g/mol. The molecule has 25 heavy (non-hydrogen) atoms. The topological polar surface area (TPSA) is 101 Å². The molecule has 1 saturated carbocycles. The normalized spacial score (nSPS) is 30.3. The summed E-state index contributed by atoms with van der Waals surface area (Å²) in [6.07, 6.45) is 9.65. The summed E-state index contributed by atoms with van der Waals surface area (Å²) in [5, 5.41) is 31.7. The van der Waals surface area contributed by atoms with Crippen LogP contribution in [0.4, 0.5) is 0 Å². The fourth-order valence-electron chi connectivity index (χ4n) is 3.95. The summed E-state index contributed by atoms with van der Waals surface area (Å²) in [7, 11) is 0. The maximum atomic E-state index is 11.6. The lowest BCUT2D eigenvalue weighted by atomic mass is 9.80. The Balaban J connectivity index is 2.91. The number of rotatable bonds is 5. The molecule has 0 amide bonds. The van der Waals surface area contributed by atoms with Crippen molar-refractivity contribution in [1.82, 2.24) is 0 Å². The first-order valence-corrected chi connectivity index (χ1v) is 10.0. The van der Waals surface area contributed by atoms with Crippen molar-refractivity contribution >= 4 is 5.97 Å². The number of hydrogen-bond acceptors (Lipinski definition) is 4. The number of aliphatic hydroxyl groups is 1. The van der Waals surface area contributed by atoms with Gasteiger partial charge in [0.2, 0.25) is 6.04 Å². The number of hydrogen-bond donors (Lipinski definition) is 2. The SMILES string of the molecule is CCCC[C@@H]1CC([N+](=O)[O-])CCCCCCCCC[C@H](C(=O)O)[C@H]1O. The van der Waals surface area contributed by atoms with E-state index in [4.69, 9.17) is 0 Å². The maximum absolute atomic E-state index is 11.6. The van der Waals surface area contributed by atoms with Crippen LogP contribution in [0.3, 0.4) is 0 Å². The van der Waals surface area contributed by atoms with Gasteiger partial charge in [-0.25, -0.2) is 0 Å². The second kappa shape index (κ2) is 12.2. The zero-order chi connectivity index (χ0) is 18.7. The second-order valence-corrected chi connectivity index (χ2v) is 7.56. The molecule has 146 valence electrons. The van der Waals surface area contributed by atoms with Gasteiger partial charge in [0.1, 0.15) is 0 Å². The highest BCUT2D eigenvalue weighted by Crippen LogP contribution is 2.30. The number of nitro groups is 1. The van der Waals surface area contributed by atoms with Gasteiger partial charge < -0.3 is 10.2 Å². The fourth-order valence-corrected chi connectivity index (χ4v) is 3.95. The van der Waals surface area contributed by atoms with E-state index < -0.39 is 24.0 Å². The Kier molecular flexibility index (Phi) is 10.7. The monoisotopic (exact) mass is 357 g/mol. The predicted octanol–water partition coefficient (Wildman–Crippen LogP) is 4.41. The van der Waals surface area contributed by atoms with E-state index in [2.05, 4.69) is 0 Å². The molecule has 0 spiro atoms. The molecule has 0 aromatic heterocycles. The van der Waals surface area contributed by atoms with Crippen molar-refractivity contribution in [2.75, 3.05) is 0 Å². The lowest BCUT2D eigenvalue weighted by Gasteiger charge is -2.29. The number of unbranched alkanes of at least 4 members (excludes halogenated alkanes) is 1. The number of carbonyl (C=O) groups is 1. The lowest BCUT2D eigenvalue weighted by molar-refractivity contribution is -0.526. The molecule has 1 aliphatic rings. The first-order valence-electron chi connectivity index (χ1n) is 10.0. The Morgan fingerprint density at radius 1 is 1.08 bits per heavy atom. The zero-order valence-electron chi connectivity index (χ0n) is 15.6. The Hall–Kier alpha value is -1.17. The quantitative estimate of drug-likeness (QED) is 0.560. The van der Waals surface area contributed by atoms with Crippen LogP contribution in [-0.2, 0) is 4.79 Å². The number of carboxylic acid groups (broad SMARTS) is 1. The van der Waals surface area contributed by atoms with E-state index >= 15 is 0 Å². The van der Waals surface area contributed by atoms with Crippen molar-refractivity contribution in [3.05, 3.63) is 10.1 Å². The van der Waals surface area contributed by atoms with Crippen LogP contribution in [0.15, 0.2) is 0 Å². The molecular weight excluding hydrogens is 322 g/mol. The molecule has 0 aromatic rings. The van der Waals surface area contributed by atoms with Crippen LogP contribution in [0.5, 0.6) is 0 Å². The van der Waals surface area contributed by atoms with E-state index in [0.717, 1.165) is 57.8 Å². The Bertz CT molecular complexity index is 401. The molecule has 1 unspecified atom stereocenters. The van der Waals surface area contributed by atoms with E-state index in [0.29, 0.717) is 19.3 Å². The van der Waals surface area contributed by atoms with Gasteiger partial charge in [-0.1, -0.05) is 58.3 Å². The number of carboxylic acids is 1. The van der Waals surface area contributed by atoms with Crippen LogP contribution < -0.4 is 0 Å². The molecule has 2 N–H and O–H groups in total. The summed E-state index contributed by atoms with van der Waals surface area (Å²) in [6.45, 7) is 2.04. The number of aliphatic hydroxyl groups excluding tert-OH is 1. The molecule has 0 radical (unpaired) electrons. The first-order chi connectivity index (χ1) is 12.0. The molecule has 1 rings (SSSR count). The Labute approximate surface area is 151 Å². The summed E-state index contributed by atoms with van der Waals surface area (Å²) in [4.78, 5) is 22.9. The van der Waals surface area contributed by atoms with Crippen LogP contribution >= 0.6 is 0 Å². The summed E-state index contributed by atoms with van der Waals surface area (Å²) < 4.78 is 0. The summed E-state index contributed by atoms with van der Waals surface area (Å²) in [6, 6.07) is -0.672. The minimum atomic E-state index is -0.991. The minimum absolute atomic E-state index is 0.229. The molecule has 6 nitrogen and oxygen atoms in total.